The van der Waals surface area contributed by atoms with E-state index in [9.17, 15) is 13.2 Å². The molecule has 4 nitrogen and oxygen atoms in total. The normalized spacial score (nSPS) is 12.8. The van der Waals surface area contributed by atoms with Crippen LogP contribution in [0.3, 0.4) is 0 Å². The maximum Gasteiger partial charge on any atom is 0.416 e. The Bertz CT molecular complexity index is 986. The molecule has 0 spiro atoms. The number of nitrogen functional groups attached to an aromatic ring is 1. The third-order valence-electron chi connectivity index (χ3n) is 4.32. The monoisotopic (exact) mass is 375 g/mol. The average Bonchev–Trinajstić information content (AvgIpc) is 2.59. The molecule has 0 saturated carbocycles. The summed E-state index contributed by atoms with van der Waals surface area (Å²) in [5, 5.41) is 4.14. The van der Waals surface area contributed by atoms with E-state index < -0.39 is 11.7 Å². The van der Waals surface area contributed by atoms with Crippen molar-refractivity contribution in [2.75, 3.05) is 18.2 Å². The Morgan fingerprint density at radius 3 is 2.52 bits per heavy atom. The van der Waals surface area contributed by atoms with Crippen LogP contribution in [0.1, 0.15) is 29.8 Å². The van der Waals surface area contributed by atoms with E-state index in [1.165, 1.54) is 0 Å². The minimum absolute atomic E-state index is 0.0778. The van der Waals surface area contributed by atoms with E-state index >= 15 is 0 Å². The average molecular weight is 375 g/mol. The first kappa shape index (κ1) is 18.8. The molecule has 1 atom stereocenters. The second-order valence-electron chi connectivity index (χ2n) is 6.45. The van der Waals surface area contributed by atoms with Crippen molar-refractivity contribution < 1.29 is 17.9 Å². The summed E-state index contributed by atoms with van der Waals surface area (Å²) in [7, 11) is 1.58. The van der Waals surface area contributed by atoms with E-state index in [2.05, 4.69) is 10.3 Å². The molecule has 0 radical (unpaired) electrons. The lowest BCUT2D eigenvalue weighted by molar-refractivity contribution is -0.137. The molecule has 0 fully saturated rings. The van der Waals surface area contributed by atoms with Crippen LogP contribution >= 0.6 is 0 Å². The van der Waals surface area contributed by atoms with Crippen LogP contribution in [0, 0.1) is 6.92 Å². The number of nitrogens with one attached hydrogen (secondary N) is 1. The van der Waals surface area contributed by atoms with Gasteiger partial charge in [-0.2, -0.15) is 13.2 Å². The number of nitrogens with zero attached hydrogens (tertiary/aromatic N) is 1. The van der Waals surface area contributed by atoms with E-state index in [1.807, 2.05) is 31.2 Å². The summed E-state index contributed by atoms with van der Waals surface area (Å²) in [5.41, 5.74) is 7.77. The standard InChI is InChI=1S/C20H20F3N3O/c1-11-6-18(17-5-4-16(27-3)10-19(17)25-11)26-12(2)13-7-14(20(21,22)23)9-15(24)8-13/h4-10,12H,24H2,1-3H3,(H,25,26)/t12-/m1/s1. The van der Waals surface area contributed by atoms with Crippen LogP contribution < -0.4 is 15.8 Å². The molecule has 142 valence electrons. The number of fused-ring (bicyclic) bond motifs is 1. The maximum atomic E-state index is 13.1. The predicted molar refractivity (Wildman–Crippen MR) is 101 cm³/mol. The van der Waals surface area contributed by atoms with Crippen molar-refractivity contribution >= 4 is 22.3 Å². The summed E-state index contributed by atoms with van der Waals surface area (Å²) in [6, 6.07) is 10.6. The maximum absolute atomic E-state index is 13.1. The lowest BCUT2D eigenvalue weighted by Crippen LogP contribution is -2.11. The lowest BCUT2D eigenvalue weighted by atomic mass is 10.0. The first-order chi connectivity index (χ1) is 12.7. The van der Waals surface area contributed by atoms with E-state index in [1.54, 1.807) is 20.1 Å². The number of halogens is 3. The summed E-state index contributed by atoms with van der Waals surface area (Å²) in [5.74, 6) is 0.685. The summed E-state index contributed by atoms with van der Waals surface area (Å²) >= 11 is 0. The van der Waals surface area contributed by atoms with Gasteiger partial charge in [-0.3, -0.25) is 4.98 Å². The molecule has 3 N–H and O–H groups in total. The molecule has 3 aromatic rings. The van der Waals surface area contributed by atoms with Crippen molar-refractivity contribution in [1.29, 1.82) is 0 Å². The Labute approximate surface area is 155 Å². The van der Waals surface area contributed by atoms with Gasteiger partial charge in [-0.25, -0.2) is 0 Å². The van der Waals surface area contributed by atoms with Crippen molar-refractivity contribution in [3.63, 3.8) is 0 Å². The van der Waals surface area contributed by atoms with Gasteiger partial charge in [0.15, 0.2) is 0 Å². The van der Waals surface area contributed by atoms with Crippen LogP contribution in [-0.4, -0.2) is 12.1 Å². The molecule has 0 aliphatic carbocycles. The van der Waals surface area contributed by atoms with Gasteiger partial charge in [-0.15, -0.1) is 0 Å². The van der Waals surface area contributed by atoms with Crippen LogP contribution in [0.2, 0.25) is 0 Å². The Kier molecular flexibility index (Phi) is 4.87. The van der Waals surface area contributed by atoms with E-state index in [-0.39, 0.29) is 11.7 Å². The van der Waals surface area contributed by atoms with E-state index in [4.69, 9.17) is 10.5 Å². The zero-order valence-electron chi connectivity index (χ0n) is 15.2. The van der Waals surface area contributed by atoms with Gasteiger partial charge < -0.3 is 15.8 Å². The number of aryl methyl sites for hydroxylation is 1. The highest BCUT2D eigenvalue weighted by Gasteiger charge is 2.31. The molecule has 1 heterocycles. The molecular formula is C20H20F3N3O. The van der Waals surface area contributed by atoms with Gasteiger partial charge in [0.1, 0.15) is 5.75 Å². The van der Waals surface area contributed by atoms with Gasteiger partial charge in [0.25, 0.3) is 0 Å². The minimum Gasteiger partial charge on any atom is -0.497 e. The Hall–Kier alpha value is -2.96. The lowest BCUT2D eigenvalue weighted by Gasteiger charge is -2.20. The number of benzene rings is 2. The Morgan fingerprint density at radius 2 is 1.85 bits per heavy atom. The molecule has 0 aliphatic rings. The van der Waals surface area contributed by atoms with E-state index in [0.29, 0.717) is 11.3 Å². The molecule has 0 saturated heterocycles. The fourth-order valence-electron chi connectivity index (χ4n) is 2.99. The largest absolute Gasteiger partial charge is 0.497 e. The fourth-order valence-corrected chi connectivity index (χ4v) is 2.99. The predicted octanol–water partition coefficient (Wildman–Crippen LogP) is 5.33. The third-order valence-corrected chi connectivity index (χ3v) is 4.32. The molecule has 0 bridgehead atoms. The van der Waals surface area contributed by atoms with Crippen LogP contribution in [0.15, 0.2) is 42.5 Å². The zero-order valence-corrected chi connectivity index (χ0v) is 15.2. The highest BCUT2D eigenvalue weighted by molar-refractivity contribution is 5.92. The molecule has 0 aliphatic heterocycles. The molecule has 0 amide bonds. The fraction of sp³-hybridized carbons (Fsp3) is 0.250. The zero-order chi connectivity index (χ0) is 19.8. The molecule has 1 aromatic heterocycles. The van der Waals surface area contributed by atoms with Crippen molar-refractivity contribution in [3.8, 4) is 5.75 Å². The minimum atomic E-state index is -4.44. The number of aromatic nitrogens is 1. The highest BCUT2D eigenvalue weighted by Crippen LogP contribution is 2.34. The number of methoxy groups -OCH3 is 1. The van der Waals surface area contributed by atoms with Gasteiger partial charge in [-0.1, -0.05) is 0 Å². The first-order valence-corrected chi connectivity index (χ1v) is 8.37. The van der Waals surface area contributed by atoms with Gasteiger partial charge >= 0.3 is 6.18 Å². The molecule has 2 aromatic carbocycles. The molecular weight excluding hydrogens is 355 g/mol. The number of nitrogens with two attached hydrogens (primary N) is 1. The molecule has 7 heteroatoms. The summed E-state index contributed by atoms with van der Waals surface area (Å²) in [6.07, 6.45) is -4.44. The van der Waals surface area contributed by atoms with Gasteiger partial charge in [0.2, 0.25) is 0 Å². The quantitative estimate of drug-likeness (QED) is 0.606. The summed E-state index contributed by atoms with van der Waals surface area (Å²) < 4.78 is 44.5. The Morgan fingerprint density at radius 1 is 1.11 bits per heavy atom. The number of alkyl halides is 3. The Balaban J connectivity index is 1.99. The van der Waals surface area contributed by atoms with Crippen LogP contribution in [0.5, 0.6) is 5.75 Å². The van der Waals surface area contributed by atoms with Crippen molar-refractivity contribution in [1.82, 2.24) is 4.98 Å². The number of anilines is 2. The second kappa shape index (κ2) is 6.98. The number of hydrogen-bond acceptors (Lipinski definition) is 4. The van der Waals surface area contributed by atoms with Crippen LogP contribution in [0.4, 0.5) is 24.5 Å². The second-order valence-corrected chi connectivity index (χ2v) is 6.45. The molecule has 27 heavy (non-hydrogen) atoms. The number of pyridine rings is 1. The van der Waals surface area contributed by atoms with Gasteiger partial charge in [-0.05, 0) is 55.8 Å². The first-order valence-electron chi connectivity index (χ1n) is 8.37. The SMILES string of the molecule is COc1ccc2c(N[C@H](C)c3cc(N)cc(C(F)(F)F)c3)cc(C)nc2c1. The number of rotatable bonds is 4. The highest BCUT2D eigenvalue weighted by atomic mass is 19.4. The summed E-state index contributed by atoms with van der Waals surface area (Å²) in [4.78, 5) is 4.50. The van der Waals surface area contributed by atoms with Gasteiger partial charge in [0.05, 0.1) is 18.2 Å². The van der Waals surface area contributed by atoms with Crippen molar-refractivity contribution in [3.05, 3.63) is 59.3 Å². The number of hydrogen-bond donors (Lipinski definition) is 2. The van der Waals surface area contributed by atoms with Crippen LogP contribution in [0.25, 0.3) is 10.9 Å². The van der Waals surface area contributed by atoms with Crippen LogP contribution in [-0.2, 0) is 6.18 Å². The summed E-state index contributed by atoms with van der Waals surface area (Å²) in [6.45, 7) is 3.65. The van der Waals surface area contributed by atoms with E-state index in [0.717, 1.165) is 34.4 Å². The number of ether oxygens (including phenoxy) is 1. The van der Waals surface area contributed by atoms with Crippen molar-refractivity contribution in [2.45, 2.75) is 26.1 Å². The van der Waals surface area contributed by atoms with Crippen molar-refractivity contribution in [2.24, 2.45) is 0 Å². The smallest absolute Gasteiger partial charge is 0.416 e. The molecule has 3 rings (SSSR count). The topological polar surface area (TPSA) is 60.2 Å². The van der Waals surface area contributed by atoms with Gasteiger partial charge in [0, 0.05) is 34.6 Å². The molecule has 0 unspecified atom stereocenters. The third kappa shape index (κ3) is 4.07.